The molecule has 0 heterocycles. The Labute approximate surface area is 93.8 Å². The van der Waals surface area contributed by atoms with Crippen LogP contribution in [0.1, 0.15) is 0 Å². The predicted octanol–water partition coefficient (Wildman–Crippen LogP) is -1.72. The minimum atomic E-state index is 0.718. The standard InChI is InChI=1S/C10H27N5/c1-12-5-6-14-8-10-15(2)9-7-13-4-3-11/h12-14H,3-11H2,1-2H3. The third-order valence-electron chi connectivity index (χ3n) is 2.21. The van der Waals surface area contributed by atoms with Gasteiger partial charge < -0.3 is 26.6 Å². The van der Waals surface area contributed by atoms with Crippen LogP contribution >= 0.6 is 0 Å². The zero-order valence-corrected chi connectivity index (χ0v) is 10.2. The van der Waals surface area contributed by atoms with Crippen LogP contribution in [0.5, 0.6) is 0 Å². The lowest BCUT2D eigenvalue weighted by Gasteiger charge is -2.17. The number of likely N-dealkylation sites (N-methyl/N-ethyl adjacent to an activating group) is 2. The monoisotopic (exact) mass is 217 g/mol. The van der Waals surface area contributed by atoms with Crippen LogP contribution in [0.25, 0.3) is 0 Å². The molecule has 0 aromatic rings. The Morgan fingerprint density at radius 1 is 0.933 bits per heavy atom. The third kappa shape index (κ3) is 11.7. The van der Waals surface area contributed by atoms with Gasteiger partial charge in [0.25, 0.3) is 0 Å². The fourth-order valence-corrected chi connectivity index (χ4v) is 1.22. The lowest BCUT2D eigenvalue weighted by atomic mass is 10.4. The minimum absolute atomic E-state index is 0.718. The molecule has 5 heteroatoms. The van der Waals surface area contributed by atoms with Crippen LogP contribution in [0.3, 0.4) is 0 Å². The largest absolute Gasteiger partial charge is 0.329 e. The highest BCUT2D eigenvalue weighted by atomic mass is 15.1. The second kappa shape index (κ2) is 11.9. The second-order valence-corrected chi connectivity index (χ2v) is 3.70. The van der Waals surface area contributed by atoms with Crippen molar-refractivity contribution in [3.63, 3.8) is 0 Å². The third-order valence-corrected chi connectivity index (χ3v) is 2.21. The first kappa shape index (κ1) is 14.8. The lowest BCUT2D eigenvalue weighted by Crippen LogP contribution is -2.36. The number of nitrogens with two attached hydrogens (primary N) is 1. The molecular formula is C10H27N5. The van der Waals surface area contributed by atoms with Crippen LogP contribution in [0, 0.1) is 0 Å². The SMILES string of the molecule is CNCCNCCN(C)CCNCCN. The van der Waals surface area contributed by atoms with Crippen LogP contribution in [-0.4, -0.2) is 71.4 Å². The van der Waals surface area contributed by atoms with Crippen molar-refractivity contribution in [2.45, 2.75) is 0 Å². The normalized spacial score (nSPS) is 11.2. The molecule has 0 saturated heterocycles. The molecule has 92 valence electrons. The predicted molar refractivity (Wildman–Crippen MR) is 66.2 cm³/mol. The van der Waals surface area contributed by atoms with Crippen molar-refractivity contribution in [1.29, 1.82) is 0 Å². The summed E-state index contributed by atoms with van der Waals surface area (Å²) in [6, 6.07) is 0. The van der Waals surface area contributed by atoms with Crippen LogP contribution in [0.15, 0.2) is 0 Å². The highest BCUT2D eigenvalue weighted by molar-refractivity contribution is 4.58. The average molecular weight is 217 g/mol. The summed E-state index contributed by atoms with van der Waals surface area (Å²) >= 11 is 0. The van der Waals surface area contributed by atoms with E-state index in [1.165, 1.54) is 0 Å². The summed E-state index contributed by atoms with van der Waals surface area (Å²) in [5.41, 5.74) is 5.38. The Morgan fingerprint density at radius 2 is 1.53 bits per heavy atom. The first-order chi connectivity index (χ1) is 7.31. The van der Waals surface area contributed by atoms with Gasteiger partial charge in [-0.25, -0.2) is 0 Å². The van der Waals surface area contributed by atoms with Crippen molar-refractivity contribution in [3.05, 3.63) is 0 Å². The van der Waals surface area contributed by atoms with Crippen molar-refractivity contribution < 1.29 is 0 Å². The van der Waals surface area contributed by atoms with Gasteiger partial charge in [-0.15, -0.1) is 0 Å². The summed E-state index contributed by atoms with van der Waals surface area (Å²) in [4.78, 5) is 2.32. The van der Waals surface area contributed by atoms with Crippen molar-refractivity contribution in [2.75, 3.05) is 66.5 Å². The molecular weight excluding hydrogens is 190 g/mol. The average Bonchev–Trinajstić information content (AvgIpc) is 2.24. The van der Waals surface area contributed by atoms with Crippen molar-refractivity contribution in [3.8, 4) is 0 Å². The number of rotatable bonds is 11. The number of hydrogen-bond acceptors (Lipinski definition) is 5. The molecule has 0 aliphatic carbocycles. The van der Waals surface area contributed by atoms with E-state index in [4.69, 9.17) is 5.73 Å². The highest BCUT2D eigenvalue weighted by Crippen LogP contribution is 1.78. The summed E-state index contributed by atoms with van der Waals surface area (Å²) in [7, 11) is 4.11. The van der Waals surface area contributed by atoms with Crippen LogP contribution in [-0.2, 0) is 0 Å². The van der Waals surface area contributed by atoms with Gasteiger partial charge in [-0.2, -0.15) is 0 Å². The lowest BCUT2D eigenvalue weighted by molar-refractivity contribution is 0.330. The fourth-order valence-electron chi connectivity index (χ4n) is 1.22. The molecule has 0 bridgehead atoms. The van der Waals surface area contributed by atoms with E-state index < -0.39 is 0 Å². The van der Waals surface area contributed by atoms with E-state index in [1.807, 2.05) is 7.05 Å². The summed E-state index contributed by atoms with van der Waals surface area (Å²) < 4.78 is 0. The molecule has 15 heavy (non-hydrogen) atoms. The van der Waals surface area contributed by atoms with Gasteiger partial charge in [0.2, 0.25) is 0 Å². The summed E-state index contributed by atoms with van der Waals surface area (Å²) in [6.45, 7) is 7.93. The highest BCUT2D eigenvalue weighted by Gasteiger charge is 1.96. The maximum atomic E-state index is 5.38. The number of nitrogens with zero attached hydrogens (tertiary/aromatic N) is 1. The van der Waals surface area contributed by atoms with Gasteiger partial charge in [-0.1, -0.05) is 0 Å². The van der Waals surface area contributed by atoms with Crippen LogP contribution in [0.4, 0.5) is 0 Å². The molecule has 5 N–H and O–H groups in total. The maximum absolute atomic E-state index is 5.38. The van der Waals surface area contributed by atoms with E-state index in [-0.39, 0.29) is 0 Å². The van der Waals surface area contributed by atoms with E-state index in [0.717, 1.165) is 52.4 Å². The summed E-state index contributed by atoms with van der Waals surface area (Å²) in [5.74, 6) is 0. The van der Waals surface area contributed by atoms with Gasteiger partial charge in [-0.05, 0) is 14.1 Å². The van der Waals surface area contributed by atoms with Gasteiger partial charge in [0, 0.05) is 52.4 Å². The van der Waals surface area contributed by atoms with Gasteiger partial charge in [0.15, 0.2) is 0 Å². The number of hydrogen-bond donors (Lipinski definition) is 4. The van der Waals surface area contributed by atoms with E-state index in [9.17, 15) is 0 Å². The fraction of sp³-hybridized carbons (Fsp3) is 1.00. The molecule has 0 aromatic carbocycles. The smallest absolute Gasteiger partial charge is 0.0104 e. The van der Waals surface area contributed by atoms with E-state index in [0.29, 0.717) is 0 Å². The Hall–Kier alpha value is -0.200. The van der Waals surface area contributed by atoms with Crippen LogP contribution < -0.4 is 21.7 Å². The van der Waals surface area contributed by atoms with Crippen molar-refractivity contribution in [2.24, 2.45) is 5.73 Å². The Bertz CT molecular complexity index is 120. The molecule has 0 aliphatic rings. The molecule has 0 amide bonds. The first-order valence-electron chi connectivity index (χ1n) is 5.76. The second-order valence-electron chi connectivity index (χ2n) is 3.70. The van der Waals surface area contributed by atoms with Crippen LogP contribution in [0.2, 0.25) is 0 Å². The molecule has 0 fully saturated rings. The molecule has 0 unspecified atom stereocenters. The zero-order valence-electron chi connectivity index (χ0n) is 10.2. The molecule has 0 aromatic heterocycles. The van der Waals surface area contributed by atoms with Gasteiger partial charge in [0.1, 0.15) is 0 Å². The minimum Gasteiger partial charge on any atom is -0.329 e. The molecule has 5 nitrogen and oxygen atoms in total. The first-order valence-corrected chi connectivity index (χ1v) is 5.76. The zero-order chi connectivity index (χ0) is 11.4. The summed E-state index contributed by atoms with van der Waals surface area (Å²) in [5, 5.41) is 9.76. The van der Waals surface area contributed by atoms with Crippen molar-refractivity contribution in [1.82, 2.24) is 20.9 Å². The topological polar surface area (TPSA) is 65.3 Å². The molecule has 0 atom stereocenters. The van der Waals surface area contributed by atoms with Gasteiger partial charge >= 0.3 is 0 Å². The Morgan fingerprint density at radius 3 is 2.07 bits per heavy atom. The van der Waals surface area contributed by atoms with Crippen molar-refractivity contribution >= 4 is 0 Å². The summed E-state index contributed by atoms with van der Waals surface area (Å²) in [6.07, 6.45) is 0. The van der Waals surface area contributed by atoms with Gasteiger partial charge in [-0.3, -0.25) is 0 Å². The van der Waals surface area contributed by atoms with E-state index >= 15 is 0 Å². The Kier molecular flexibility index (Phi) is 11.7. The molecule has 0 radical (unpaired) electrons. The molecule has 0 spiro atoms. The molecule has 0 aliphatic heterocycles. The van der Waals surface area contributed by atoms with E-state index in [1.54, 1.807) is 0 Å². The van der Waals surface area contributed by atoms with Gasteiger partial charge in [0.05, 0.1) is 0 Å². The molecule has 0 saturated carbocycles. The molecule has 0 rings (SSSR count). The van der Waals surface area contributed by atoms with E-state index in [2.05, 4.69) is 27.9 Å². The number of nitrogens with one attached hydrogen (secondary N) is 3. The Balaban J connectivity index is 3.08. The maximum Gasteiger partial charge on any atom is 0.0104 e. The quantitative estimate of drug-likeness (QED) is 0.310.